The van der Waals surface area contributed by atoms with Crippen LogP contribution in [0.1, 0.15) is 16.0 Å². The second-order valence-corrected chi connectivity index (χ2v) is 6.66. The van der Waals surface area contributed by atoms with Gasteiger partial charge in [-0.3, -0.25) is 0 Å². The van der Waals surface area contributed by atoms with Gasteiger partial charge in [-0.2, -0.15) is 0 Å². The van der Waals surface area contributed by atoms with Crippen molar-refractivity contribution in [2.75, 3.05) is 0 Å². The fraction of sp³-hybridized carbons (Fsp3) is 0.158. The maximum Gasteiger partial charge on any atom is 0.138 e. The molecule has 3 aromatic rings. The van der Waals surface area contributed by atoms with E-state index in [0.717, 1.165) is 30.0 Å². The summed E-state index contributed by atoms with van der Waals surface area (Å²) in [6, 6.07) is 20.2. The molecule has 1 heterocycles. The molecule has 5 heteroatoms. The molecule has 24 heavy (non-hydrogen) atoms. The van der Waals surface area contributed by atoms with E-state index in [9.17, 15) is 0 Å². The lowest BCUT2D eigenvalue weighted by atomic mass is 10.2. The summed E-state index contributed by atoms with van der Waals surface area (Å²) in [5.74, 6) is 0.720. The predicted molar refractivity (Wildman–Crippen MR) is 104 cm³/mol. The van der Waals surface area contributed by atoms with Crippen LogP contribution in [0, 0.1) is 0 Å². The highest BCUT2D eigenvalue weighted by Gasteiger charge is 2.04. The van der Waals surface area contributed by atoms with Crippen LogP contribution < -0.4 is 10.1 Å². The van der Waals surface area contributed by atoms with E-state index in [-0.39, 0.29) is 12.4 Å². The van der Waals surface area contributed by atoms with Crippen molar-refractivity contribution in [2.24, 2.45) is 0 Å². The minimum absolute atomic E-state index is 0. The van der Waals surface area contributed by atoms with Crippen molar-refractivity contribution in [2.45, 2.75) is 19.7 Å². The number of hydrogen-bond donors (Lipinski definition) is 1. The molecular formula is C19H19Cl2NOS. The Hall–Kier alpha value is -1.52. The smallest absolute Gasteiger partial charge is 0.138 e. The number of rotatable bonds is 7. The number of halogens is 2. The third kappa shape index (κ3) is 5.53. The van der Waals surface area contributed by atoms with Crippen LogP contribution in [0.25, 0.3) is 0 Å². The van der Waals surface area contributed by atoms with Crippen molar-refractivity contribution in [3.63, 3.8) is 0 Å². The lowest BCUT2D eigenvalue weighted by Gasteiger charge is -2.10. The van der Waals surface area contributed by atoms with E-state index < -0.39 is 0 Å². The third-order valence-electron chi connectivity index (χ3n) is 3.44. The lowest BCUT2D eigenvalue weighted by molar-refractivity contribution is 0.306. The molecule has 0 fully saturated rings. The number of thiophene rings is 1. The topological polar surface area (TPSA) is 21.3 Å². The Labute approximate surface area is 157 Å². The predicted octanol–water partition coefficient (Wildman–Crippen LogP) is 5.69. The fourth-order valence-corrected chi connectivity index (χ4v) is 3.18. The monoisotopic (exact) mass is 379 g/mol. The van der Waals surface area contributed by atoms with Crippen LogP contribution in [0.4, 0.5) is 0 Å². The van der Waals surface area contributed by atoms with Crippen LogP contribution in [-0.4, -0.2) is 0 Å². The van der Waals surface area contributed by atoms with Gasteiger partial charge in [-0.1, -0.05) is 54.1 Å². The summed E-state index contributed by atoms with van der Waals surface area (Å²) in [4.78, 5) is 1.33. The summed E-state index contributed by atoms with van der Waals surface area (Å²) in [6.45, 7) is 2.19. The summed E-state index contributed by atoms with van der Waals surface area (Å²) in [6.07, 6.45) is 0. The van der Waals surface area contributed by atoms with E-state index in [1.165, 1.54) is 4.88 Å². The van der Waals surface area contributed by atoms with E-state index in [2.05, 4.69) is 22.8 Å². The van der Waals surface area contributed by atoms with Crippen LogP contribution in [0.15, 0.2) is 66.0 Å². The Bertz CT molecular complexity index is 732. The zero-order valence-corrected chi connectivity index (χ0v) is 15.5. The molecule has 0 saturated heterocycles. The molecule has 0 spiro atoms. The summed E-state index contributed by atoms with van der Waals surface area (Å²) >= 11 is 8.08. The average molecular weight is 380 g/mol. The Morgan fingerprint density at radius 3 is 2.46 bits per heavy atom. The van der Waals surface area contributed by atoms with Gasteiger partial charge in [0.05, 0.1) is 5.02 Å². The van der Waals surface area contributed by atoms with Crippen LogP contribution in [0.5, 0.6) is 5.75 Å². The minimum Gasteiger partial charge on any atom is -0.487 e. The van der Waals surface area contributed by atoms with Gasteiger partial charge in [0.1, 0.15) is 12.4 Å². The van der Waals surface area contributed by atoms with E-state index in [0.29, 0.717) is 11.6 Å². The van der Waals surface area contributed by atoms with Crippen LogP contribution in [0.3, 0.4) is 0 Å². The number of benzene rings is 2. The molecule has 1 aromatic heterocycles. The van der Waals surface area contributed by atoms with Gasteiger partial charge >= 0.3 is 0 Å². The molecule has 0 saturated carbocycles. The normalized spacial score (nSPS) is 10.2. The largest absolute Gasteiger partial charge is 0.487 e. The number of nitrogens with one attached hydrogen (secondary N) is 1. The maximum absolute atomic E-state index is 6.32. The molecule has 1 N–H and O–H groups in total. The van der Waals surface area contributed by atoms with Gasteiger partial charge in [-0.05, 0) is 34.7 Å². The molecule has 0 bridgehead atoms. The SMILES string of the molecule is Cl.Clc1cc(CNCc2cccs2)ccc1OCc1ccccc1. The fourth-order valence-electron chi connectivity index (χ4n) is 2.25. The zero-order valence-electron chi connectivity index (χ0n) is 13.1. The Morgan fingerprint density at radius 1 is 0.917 bits per heavy atom. The quantitative estimate of drug-likeness (QED) is 0.568. The molecular weight excluding hydrogens is 361 g/mol. The van der Waals surface area contributed by atoms with Gasteiger partial charge in [0.2, 0.25) is 0 Å². The molecule has 2 aromatic carbocycles. The molecule has 0 aliphatic heterocycles. The van der Waals surface area contributed by atoms with Crippen molar-refractivity contribution >= 4 is 35.3 Å². The van der Waals surface area contributed by atoms with Crippen molar-refractivity contribution < 1.29 is 4.74 Å². The molecule has 0 aliphatic rings. The highest BCUT2D eigenvalue weighted by atomic mass is 35.5. The van der Waals surface area contributed by atoms with Gasteiger partial charge in [0.25, 0.3) is 0 Å². The first-order chi connectivity index (χ1) is 11.3. The van der Waals surface area contributed by atoms with Gasteiger partial charge in [0, 0.05) is 18.0 Å². The van der Waals surface area contributed by atoms with Gasteiger partial charge in [0.15, 0.2) is 0 Å². The first-order valence-electron chi connectivity index (χ1n) is 7.49. The minimum atomic E-state index is 0. The van der Waals surface area contributed by atoms with E-state index in [1.807, 2.05) is 48.5 Å². The standard InChI is InChI=1S/C19H18ClNOS.ClH/c20-18-11-16(12-21-13-17-7-4-10-23-17)8-9-19(18)22-14-15-5-2-1-3-6-15;/h1-11,21H,12-14H2;1H. The van der Waals surface area contributed by atoms with Crippen LogP contribution >= 0.6 is 35.3 Å². The summed E-state index contributed by atoms with van der Waals surface area (Å²) in [5.41, 5.74) is 2.28. The van der Waals surface area contributed by atoms with Crippen molar-refractivity contribution in [1.82, 2.24) is 5.32 Å². The molecule has 0 amide bonds. The number of hydrogen-bond acceptors (Lipinski definition) is 3. The Morgan fingerprint density at radius 2 is 1.75 bits per heavy atom. The molecule has 0 atom stereocenters. The van der Waals surface area contributed by atoms with E-state index >= 15 is 0 Å². The van der Waals surface area contributed by atoms with Crippen LogP contribution in [0.2, 0.25) is 5.02 Å². The lowest BCUT2D eigenvalue weighted by Crippen LogP contribution is -2.11. The molecule has 3 rings (SSSR count). The highest BCUT2D eigenvalue weighted by Crippen LogP contribution is 2.26. The summed E-state index contributed by atoms with van der Waals surface area (Å²) in [7, 11) is 0. The molecule has 0 unspecified atom stereocenters. The highest BCUT2D eigenvalue weighted by molar-refractivity contribution is 7.09. The van der Waals surface area contributed by atoms with Crippen LogP contribution in [-0.2, 0) is 19.7 Å². The summed E-state index contributed by atoms with van der Waals surface area (Å²) < 4.78 is 5.79. The van der Waals surface area contributed by atoms with E-state index in [4.69, 9.17) is 16.3 Å². The van der Waals surface area contributed by atoms with Crippen molar-refractivity contribution in [1.29, 1.82) is 0 Å². The molecule has 0 aliphatic carbocycles. The Balaban J connectivity index is 0.00000208. The third-order valence-corrected chi connectivity index (χ3v) is 4.61. The van der Waals surface area contributed by atoms with Gasteiger partial charge in [-0.15, -0.1) is 23.7 Å². The second-order valence-electron chi connectivity index (χ2n) is 5.22. The molecule has 0 radical (unpaired) electrons. The molecule has 2 nitrogen and oxygen atoms in total. The maximum atomic E-state index is 6.32. The average Bonchev–Trinajstić information content (AvgIpc) is 3.08. The van der Waals surface area contributed by atoms with Gasteiger partial charge in [-0.25, -0.2) is 0 Å². The first-order valence-corrected chi connectivity index (χ1v) is 8.75. The van der Waals surface area contributed by atoms with E-state index in [1.54, 1.807) is 11.3 Å². The first kappa shape index (κ1) is 18.8. The second kappa shape index (κ2) is 9.70. The number of ether oxygens (including phenoxy) is 1. The van der Waals surface area contributed by atoms with Crippen molar-refractivity contribution in [3.05, 3.63) is 87.1 Å². The van der Waals surface area contributed by atoms with Gasteiger partial charge < -0.3 is 10.1 Å². The van der Waals surface area contributed by atoms with Crippen molar-refractivity contribution in [3.8, 4) is 5.75 Å². The molecule has 126 valence electrons. The zero-order chi connectivity index (χ0) is 15.9. The Kier molecular flexibility index (Phi) is 7.60. The summed E-state index contributed by atoms with van der Waals surface area (Å²) in [5, 5.41) is 6.16.